The van der Waals surface area contributed by atoms with Crippen LogP contribution < -0.4 is 14.4 Å². The lowest BCUT2D eigenvalue weighted by Gasteiger charge is -2.26. The van der Waals surface area contributed by atoms with Crippen LogP contribution in [0.5, 0.6) is 11.5 Å². The van der Waals surface area contributed by atoms with Gasteiger partial charge < -0.3 is 19.1 Å². The van der Waals surface area contributed by atoms with Crippen molar-refractivity contribution in [1.82, 2.24) is 4.98 Å². The van der Waals surface area contributed by atoms with Gasteiger partial charge in [-0.05, 0) is 75.7 Å². The van der Waals surface area contributed by atoms with Gasteiger partial charge >= 0.3 is 5.97 Å². The summed E-state index contributed by atoms with van der Waals surface area (Å²) >= 11 is 0. The van der Waals surface area contributed by atoms with Gasteiger partial charge in [0.1, 0.15) is 5.60 Å². The Morgan fingerprint density at radius 2 is 1.72 bits per heavy atom. The van der Waals surface area contributed by atoms with Crippen LogP contribution in [0.3, 0.4) is 0 Å². The molecule has 0 bridgehead atoms. The quantitative estimate of drug-likeness (QED) is 0.419. The van der Waals surface area contributed by atoms with Gasteiger partial charge in [0.2, 0.25) is 0 Å². The van der Waals surface area contributed by atoms with Crippen molar-refractivity contribution in [1.29, 1.82) is 0 Å². The molecule has 32 heavy (non-hydrogen) atoms. The van der Waals surface area contributed by atoms with E-state index in [0.29, 0.717) is 30.2 Å². The summed E-state index contributed by atoms with van der Waals surface area (Å²) in [6.07, 6.45) is 3.60. The number of anilines is 2. The van der Waals surface area contributed by atoms with Crippen molar-refractivity contribution in [3.05, 3.63) is 78.1 Å². The van der Waals surface area contributed by atoms with E-state index in [9.17, 15) is 4.79 Å². The lowest BCUT2D eigenvalue weighted by Crippen LogP contribution is -2.24. The van der Waals surface area contributed by atoms with Crippen molar-refractivity contribution >= 4 is 17.3 Å². The molecule has 168 valence electrons. The molecule has 0 N–H and O–H groups in total. The lowest BCUT2D eigenvalue weighted by molar-refractivity contribution is 0.00695. The number of esters is 1. The normalized spacial score (nSPS) is 11.0. The molecule has 1 heterocycles. The minimum atomic E-state index is -0.541. The number of ether oxygens (including phenoxy) is 3. The summed E-state index contributed by atoms with van der Waals surface area (Å²) in [4.78, 5) is 18.8. The molecule has 0 saturated heterocycles. The van der Waals surface area contributed by atoms with E-state index in [4.69, 9.17) is 14.2 Å². The van der Waals surface area contributed by atoms with Gasteiger partial charge in [0.15, 0.2) is 11.5 Å². The summed E-state index contributed by atoms with van der Waals surface area (Å²) in [5, 5.41) is 0. The van der Waals surface area contributed by atoms with E-state index in [1.807, 2.05) is 76.4 Å². The molecule has 0 atom stereocenters. The molecular formula is C26H30N2O4. The molecule has 0 fully saturated rings. The maximum atomic E-state index is 12.4. The molecule has 6 nitrogen and oxygen atoms in total. The maximum absolute atomic E-state index is 12.4. The van der Waals surface area contributed by atoms with E-state index in [1.54, 1.807) is 25.4 Å². The average molecular weight is 435 g/mol. The van der Waals surface area contributed by atoms with Crippen molar-refractivity contribution in [2.24, 2.45) is 0 Å². The fourth-order valence-corrected chi connectivity index (χ4v) is 3.22. The molecule has 0 saturated carbocycles. The van der Waals surface area contributed by atoms with E-state index >= 15 is 0 Å². The molecule has 0 aliphatic carbocycles. The predicted molar refractivity (Wildman–Crippen MR) is 126 cm³/mol. The first kappa shape index (κ1) is 23.1. The number of nitrogens with zero attached hydrogens (tertiary/aromatic N) is 2. The Hall–Kier alpha value is -3.54. The smallest absolute Gasteiger partial charge is 0.338 e. The monoisotopic (exact) mass is 434 g/mol. The minimum Gasteiger partial charge on any atom is -0.493 e. The van der Waals surface area contributed by atoms with E-state index in [-0.39, 0.29) is 5.97 Å². The predicted octanol–water partition coefficient (Wildman–Crippen LogP) is 5.78. The molecule has 0 unspecified atom stereocenters. The number of benzene rings is 2. The van der Waals surface area contributed by atoms with Crippen LogP contribution >= 0.6 is 0 Å². The summed E-state index contributed by atoms with van der Waals surface area (Å²) in [7, 11) is 1.63. The van der Waals surface area contributed by atoms with E-state index < -0.39 is 5.60 Å². The van der Waals surface area contributed by atoms with Gasteiger partial charge in [-0.15, -0.1) is 0 Å². The second kappa shape index (κ2) is 10.2. The molecule has 0 amide bonds. The molecular weight excluding hydrogens is 404 g/mol. The number of carbonyl (C=O) groups excluding carboxylic acids is 1. The Balaban J connectivity index is 1.97. The highest BCUT2D eigenvalue weighted by molar-refractivity contribution is 5.90. The summed E-state index contributed by atoms with van der Waals surface area (Å²) in [6.45, 7) is 8.64. The van der Waals surface area contributed by atoms with Gasteiger partial charge in [0.25, 0.3) is 0 Å². The molecule has 3 aromatic rings. The van der Waals surface area contributed by atoms with Crippen molar-refractivity contribution in [3.8, 4) is 11.5 Å². The van der Waals surface area contributed by atoms with Crippen molar-refractivity contribution in [2.75, 3.05) is 18.6 Å². The third-order valence-electron chi connectivity index (χ3n) is 4.64. The van der Waals surface area contributed by atoms with Crippen LogP contribution in [-0.2, 0) is 11.3 Å². The summed E-state index contributed by atoms with van der Waals surface area (Å²) in [5.74, 6) is 1.01. The van der Waals surface area contributed by atoms with Crippen LogP contribution in [0.25, 0.3) is 0 Å². The Kier molecular flexibility index (Phi) is 7.36. The van der Waals surface area contributed by atoms with E-state index in [0.717, 1.165) is 16.9 Å². The Labute approximate surface area is 189 Å². The zero-order valence-corrected chi connectivity index (χ0v) is 19.3. The summed E-state index contributed by atoms with van der Waals surface area (Å²) < 4.78 is 16.7. The topological polar surface area (TPSA) is 60.9 Å². The number of carbonyl (C=O) groups is 1. The maximum Gasteiger partial charge on any atom is 0.338 e. The number of methoxy groups -OCH3 is 1. The zero-order chi connectivity index (χ0) is 23.1. The number of hydrogen-bond donors (Lipinski definition) is 0. The summed E-state index contributed by atoms with van der Waals surface area (Å²) in [5.41, 5.74) is 2.88. The SMILES string of the molecule is CCOc1cc(N(Cc2cccnc2)c2ccc(C(=O)OC(C)(C)C)cc2)ccc1OC. The molecule has 0 aliphatic heterocycles. The largest absolute Gasteiger partial charge is 0.493 e. The standard InChI is InChI=1S/C26H30N2O4/c1-6-31-24-16-22(13-14-23(24)30-5)28(18-19-8-7-15-27-17-19)21-11-9-20(10-12-21)25(29)32-26(2,3)4/h7-17H,6,18H2,1-5H3. The van der Waals surface area contributed by atoms with Crippen molar-refractivity contribution < 1.29 is 19.0 Å². The number of aromatic nitrogens is 1. The number of hydrogen-bond acceptors (Lipinski definition) is 6. The first-order valence-electron chi connectivity index (χ1n) is 10.6. The van der Waals surface area contributed by atoms with Crippen LogP contribution in [0.1, 0.15) is 43.6 Å². The average Bonchev–Trinajstić information content (AvgIpc) is 2.77. The van der Waals surface area contributed by atoms with Crippen LogP contribution in [0.2, 0.25) is 0 Å². The van der Waals surface area contributed by atoms with Crippen LogP contribution in [0.15, 0.2) is 67.0 Å². The summed E-state index contributed by atoms with van der Waals surface area (Å²) in [6, 6.07) is 17.2. The van der Waals surface area contributed by atoms with E-state index in [1.165, 1.54) is 0 Å². The highest BCUT2D eigenvalue weighted by Crippen LogP contribution is 2.36. The van der Waals surface area contributed by atoms with Crippen molar-refractivity contribution in [2.45, 2.75) is 39.8 Å². The van der Waals surface area contributed by atoms with Gasteiger partial charge in [0.05, 0.1) is 19.3 Å². The second-order valence-electron chi connectivity index (χ2n) is 8.26. The highest BCUT2D eigenvalue weighted by atomic mass is 16.6. The fraction of sp³-hybridized carbons (Fsp3) is 0.308. The Morgan fingerprint density at radius 1 is 1.00 bits per heavy atom. The first-order chi connectivity index (χ1) is 15.3. The Morgan fingerprint density at radius 3 is 2.31 bits per heavy atom. The molecule has 2 aromatic carbocycles. The first-order valence-corrected chi connectivity index (χ1v) is 10.6. The third kappa shape index (κ3) is 6.00. The van der Waals surface area contributed by atoms with Gasteiger partial charge in [0, 0.05) is 36.4 Å². The molecule has 6 heteroatoms. The van der Waals surface area contributed by atoms with Gasteiger partial charge in [-0.3, -0.25) is 4.98 Å². The molecule has 0 spiro atoms. The van der Waals surface area contributed by atoms with Crippen LogP contribution in [0.4, 0.5) is 11.4 Å². The second-order valence-corrected chi connectivity index (χ2v) is 8.26. The van der Waals surface area contributed by atoms with E-state index in [2.05, 4.69) is 9.88 Å². The minimum absolute atomic E-state index is 0.342. The third-order valence-corrected chi connectivity index (χ3v) is 4.64. The molecule has 1 aromatic heterocycles. The lowest BCUT2D eigenvalue weighted by atomic mass is 10.1. The molecule has 0 radical (unpaired) electrons. The zero-order valence-electron chi connectivity index (χ0n) is 19.3. The van der Waals surface area contributed by atoms with Gasteiger partial charge in [-0.2, -0.15) is 0 Å². The molecule has 0 aliphatic rings. The van der Waals surface area contributed by atoms with Crippen LogP contribution in [-0.4, -0.2) is 30.3 Å². The van der Waals surface area contributed by atoms with Gasteiger partial charge in [-0.1, -0.05) is 6.07 Å². The highest BCUT2D eigenvalue weighted by Gasteiger charge is 2.19. The van der Waals surface area contributed by atoms with Crippen LogP contribution in [0, 0.1) is 0 Å². The Bertz CT molecular complexity index is 1030. The fourth-order valence-electron chi connectivity index (χ4n) is 3.22. The van der Waals surface area contributed by atoms with Crippen molar-refractivity contribution in [3.63, 3.8) is 0 Å². The number of pyridine rings is 1. The van der Waals surface area contributed by atoms with Gasteiger partial charge in [-0.25, -0.2) is 4.79 Å². The molecule has 3 rings (SSSR count). The number of rotatable bonds is 8.